The lowest BCUT2D eigenvalue weighted by Crippen LogP contribution is -2.28. The minimum absolute atomic E-state index is 0.0431. The van der Waals surface area contributed by atoms with Crippen LogP contribution in [0, 0.1) is 5.41 Å². The molecule has 1 N–H and O–H groups in total. The average molecular weight is 273 g/mol. The molecule has 0 aromatic heterocycles. The van der Waals surface area contributed by atoms with Crippen molar-refractivity contribution in [2.75, 3.05) is 5.33 Å². The summed E-state index contributed by atoms with van der Waals surface area (Å²) in [5.74, 6) is -0.892. The van der Waals surface area contributed by atoms with Gasteiger partial charge in [-0.3, -0.25) is 9.59 Å². The first-order valence-electron chi connectivity index (χ1n) is 4.58. The highest BCUT2D eigenvalue weighted by atomic mass is 79.9. The van der Waals surface area contributed by atoms with Crippen LogP contribution in [0.25, 0.3) is 0 Å². The number of carbonyl (C=O) groups excluding carboxylic acids is 2. The van der Waals surface area contributed by atoms with Gasteiger partial charge in [0.2, 0.25) is 0 Å². The Morgan fingerprint density at radius 3 is 2.53 bits per heavy atom. The Balaban J connectivity index is 3.33. The number of aliphatic hydroxyl groups excluding tert-OH is 1. The molecule has 82 valence electrons. The molecule has 15 heavy (non-hydrogen) atoms. The van der Waals surface area contributed by atoms with E-state index in [9.17, 15) is 14.7 Å². The van der Waals surface area contributed by atoms with E-state index in [4.69, 9.17) is 0 Å². The van der Waals surface area contributed by atoms with Crippen LogP contribution >= 0.6 is 15.9 Å². The second kappa shape index (κ2) is 3.93. The summed E-state index contributed by atoms with van der Waals surface area (Å²) in [4.78, 5) is 23.2. The van der Waals surface area contributed by atoms with E-state index in [0.717, 1.165) is 0 Å². The van der Waals surface area contributed by atoms with E-state index in [-0.39, 0.29) is 28.2 Å². The van der Waals surface area contributed by atoms with E-state index >= 15 is 0 Å². The molecule has 1 rings (SSSR count). The lowest BCUT2D eigenvalue weighted by molar-refractivity contribution is -0.119. The topological polar surface area (TPSA) is 54.4 Å². The Hall–Kier alpha value is -0.900. The van der Waals surface area contributed by atoms with Gasteiger partial charge in [0, 0.05) is 5.41 Å². The summed E-state index contributed by atoms with van der Waals surface area (Å²) in [6, 6.07) is 0. The Labute approximate surface area is 97.0 Å². The predicted octanol–water partition coefficient (Wildman–Crippen LogP) is 2.32. The minimum atomic E-state index is -0.648. The summed E-state index contributed by atoms with van der Waals surface area (Å²) < 4.78 is 0. The zero-order valence-electron chi connectivity index (χ0n) is 8.93. The molecule has 0 radical (unpaired) electrons. The van der Waals surface area contributed by atoms with E-state index in [2.05, 4.69) is 15.9 Å². The number of alkyl halides is 1. The summed E-state index contributed by atoms with van der Waals surface area (Å²) in [5, 5.41) is 9.90. The number of ketones is 2. The third-order valence-electron chi connectivity index (χ3n) is 2.41. The van der Waals surface area contributed by atoms with Crippen molar-refractivity contribution in [3.63, 3.8) is 0 Å². The maximum atomic E-state index is 11.7. The molecule has 0 aromatic carbocycles. The van der Waals surface area contributed by atoms with Gasteiger partial charge < -0.3 is 5.11 Å². The van der Waals surface area contributed by atoms with Gasteiger partial charge in [0.25, 0.3) is 0 Å². The Morgan fingerprint density at radius 1 is 1.53 bits per heavy atom. The lowest BCUT2D eigenvalue weighted by atomic mass is 9.78. The van der Waals surface area contributed by atoms with Crippen LogP contribution in [0.2, 0.25) is 0 Å². The molecule has 0 spiro atoms. The maximum Gasteiger partial charge on any atom is 0.195 e. The van der Waals surface area contributed by atoms with Gasteiger partial charge in [0.1, 0.15) is 11.3 Å². The fourth-order valence-electron chi connectivity index (χ4n) is 1.63. The van der Waals surface area contributed by atoms with Crippen LogP contribution in [-0.4, -0.2) is 22.0 Å². The van der Waals surface area contributed by atoms with Gasteiger partial charge in [0.05, 0.1) is 5.33 Å². The van der Waals surface area contributed by atoms with Gasteiger partial charge in [-0.05, 0) is 26.3 Å². The number of Topliss-reactive ketones (excluding diaryl/α,β-unsaturated/α-hetero) is 2. The monoisotopic (exact) mass is 272 g/mol. The summed E-state index contributed by atoms with van der Waals surface area (Å²) >= 11 is 3.00. The van der Waals surface area contributed by atoms with E-state index in [1.165, 1.54) is 0 Å². The highest BCUT2D eigenvalue weighted by Crippen LogP contribution is 2.35. The van der Waals surface area contributed by atoms with Crippen molar-refractivity contribution in [3.05, 3.63) is 23.0 Å². The van der Waals surface area contributed by atoms with Crippen LogP contribution in [0.4, 0.5) is 0 Å². The highest BCUT2D eigenvalue weighted by molar-refractivity contribution is 9.09. The fraction of sp³-hybridized carbons (Fsp3) is 0.455. The van der Waals surface area contributed by atoms with Crippen LogP contribution in [0.5, 0.6) is 0 Å². The molecule has 0 heterocycles. The molecule has 0 saturated carbocycles. The van der Waals surface area contributed by atoms with Crippen molar-refractivity contribution in [1.82, 2.24) is 0 Å². The Bertz CT molecular complexity index is 389. The fourth-order valence-corrected chi connectivity index (χ4v) is 1.91. The first-order valence-corrected chi connectivity index (χ1v) is 5.70. The first kappa shape index (κ1) is 12.2. The number of hydrogen-bond acceptors (Lipinski definition) is 3. The van der Waals surface area contributed by atoms with Crippen LogP contribution in [0.1, 0.15) is 20.8 Å². The number of carbonyl (C=O) groups is 2. The van der Waals surface area contributed by atoms with Crippen LogP contribution in [0.3, 0.4) is 0 Å². The minimum Gasteiger partial charge on any atom is -0.511 e. The number of allylic oxidation sites excluding steroid dienone is 3. The molecule has 0 amide bonds. The summed E-state index contributed by atoms with van der Waals surface area (Å²) in [7, 11) is 0. The predicted molar refractivity (Wildman–Crippen MR) is 61.0 cm³/mol. The summed E-state index contributed by atoms with van der Waals surface area (Å²) in [6.45, 7) is 5.18. The van der Waals surface area contributed by atoms with Gasteiger partial charge in [-0.2, -0.15) is 0 Å². The molecule has 0 fully saturated rings. The molecule has 1 aliphatic rings. The maximum absolute atomic E-state index is 11.7. The van der Waals surface area contributed by atoms with E-state index in [1.54, 1.807) is 26.8 Å². The molecular formula is C11H13BrO3. The number of halogens is 1. The quantitative estimate of drug-likeness (QED) is 0.620. The molecule has 0 unspecified atom stereocenters. The summed E-state index contributed by atoms with van der Waals surface area (Å²) in [6.07, 6.45) is 1.68. The molecular weight excluding hydrogens is 260 g/mol. The Kier molecular flexibility index (Phi) is 3.19. The van der Waals surface area contributed by atoms with Crippen LogP contribution < -0.4 is 0 Å². The van der Waals surface area contributed by atoms with Crippen molar-refractivity contribution < 1.29 is 14.7 Å². The molecule has 0 aromatic rings. The standard InChI is InChI=1S/C11H13BrO3/c1-6-4-11(2,3)10(15)8(9(6)14)7(13)5-12/h4,15H,5H2,1-3H3. The van der Waals surface area contributed by atoms with Gasteiger partial charge in [-0.1, -0.05) is 22.0 Å². The van der Waals surface area contributed by atoms with Crippen molar-refractivity contribution in [2.24, 2.45) is 5.41 Å². The number of hydrogen-bond donors (Lipinski definition) is 1. The van der Waals surface area contributed by atoms with Crippen molar-refractivity contribution in [3.8, 4) is 0 Å². The van der Waals surface area contributed by atoms with Crippen LogP contribution in [-0.2, 0) is 9.59 Å². The number of aliphatic hydroxyl groups is 1. The van der Waals surface area contributed by atoms with Gasteiger partial charge >= 0.3 is 0 Å². The molecule has 0 aliphatic heterocycles. The van der Waals surface area contributed by atoms with Gasteiger partial charge in [-0.15, -0.1) is 0 Å². The molecule has 3 nitrogen and oxygen atoms in total. The smallest absolute Gasteiger partial charge is 0.195 e. The zero-order valence-corrected chi connectivity index (χ0v) is 10.5. The second-order valence-electron chi connectivity index (χ2n) is 4.16. The third-order valence-corrected chi connectivity index (χ3v) is 2.92. The van der Waals surface area contributed by atoms with Crippen LogP contribution in [0.15, 0.2) is 23.0 Å². The normalized spacial score (nSPS) is 20.3. The van der Waals surface area contributed by atoms with Gasteiger partial charge in [0.15, 0.2) is 11.6 Å². The largest absolute Gasteiger partial charge is 0.511 e. The second-order valence-corrected chi connectivity index (χ2v) is 4.72. The van der Waals surface area contributed by atoms with E-state index < -0.39 is 5.41 Å². The molecule has 0 saturated heterocycles. The van der Waals surface area contributed by atoms with Crippen molar-refractivity contribution >= 4 is 27.5 Å². The van der Waals surface area contributed by atoms with E-state index in [1.807, 2.05) is 0 Å². The highest BCUT2D eigenvalue weighted by Gasteiger charge is 2.35. The third kappa shape index (κ3) is 2.04. The van der Waals surface area contributed by atoms with Crippen molar-refractivity contribution in [2.45, 2.75) is 20.8 Å². The Morgan fingerprint density at radius 2 is 2.07 bits per heavy atom. The molecule has 4 heteroatoms. The van der Waals surface area contributed by atoms with Gasteiger partial charge in [-0.25, -0.2) is 0 Å². The average Bonchev–Trinajstić information content (AvgIpc) is 2.14. The molecule has 0 atom stereocenters. The van der Waals surface area contributed by atoms with E-state index in [0.29, 0.717) is 5.57 Å². The molecule has 1 aliphatic carbocycles. The number of rotatable bonds is 2. The summed E-state index contributed by atoms with van der Waals surface area (Å²) in [5.41, 5.74) is -0.232. The molecule has 0 bridgehead atoms. The SMILES string of the molecule is CC1=CC(C)(C)C(O)=C(C(=O)CBr)C1=O. The lowest BCUT2D eigenvalue weighted by Gasteiger charge is -2.27. The zero-order chi connectivity index (χ0) is 11.8. The first-order chi connectivity index (χ1) is 6.81. The van der Waals surface area contributed by atoms with Crippen molar-refractivity contribution in [1.29, 1.82) is 0 Å².